The molecule has 2 aliphatic rings. The number of aryl methyl sites for hydroxylation is 2. The minimum Gasteiger partial charge on any atom is -0.449 e. The third-order valence-corrected chi connectivity index (χ3v) is 8.35. The lowest BCUT2D eigenvalue weighted by atomic mass is 10.1. The van der Waals surface area contributed by atoms with Crippen LogP contribution in [0.5, 0.6) is 0 Å². The molecule has 2 aliphatic heterocycles. The Morgan fingerprint density at radius 3 is 2.18 bits per heavy atom. The Balaban J connectivity index is 1.27. The molecule has 0 aliphatic carbocycles. The first-order valence-electron chi connectivity index (χ1n) is 11.8. The Morgan fingerprint density at radius 2 is 1.53 bits per heavy atom. The van der Waals surface area contributed by atoms with E-state index >= 15 is 0 Å². The lowest BCUT2D eigenvalue weighted by molar-refractivity contribution is 0.383. The molecule has 34 heavy (non-hydrogen) atoms. The van der Waals surface area contributed by atoms with E-state index in [0.29, 0.717) is 37.8 Å². The average Bonchev–Trinajstić information content (AvgIpc) is 3.30. The van der Waals surface area contributed by atoms with Gasteiger partial charge in [0.05, 0.1) is 4.90 Å². The lowest BCUT2D eigenvalue weighted by Crippen LogP contribution is -2.49. The molecule has 0 amide bonds. The van der Waals surface area contributed by atoms with Gasteiger partial charge in [-0.15, -0.1) is 0 Å². The Hall–Kier alpha value is -2.98. The predicted molar refractivity (Wildman–Crippen MR) is 130 cm³/mol. The molecule has 0 atom stereocenters. The summed E-state index contributed by atoms with van der Waals surface area (Å²) in [5.74, 6) is 2.23. The topological polar surface area (TPSA) is 95.7 Å². The number of piperazine rings is 1. The monoisotopic (exact) mass is 482 g/mol. The van der Waals surface area contributed by atoms with Crippen LogP contribution in [0.15, 0.2) is 45.9 Å². The molecule has 180 valence electrons. The minimum atomic E-state index is -3.57. The molecule has 0 N–H and O–H groups in total. The van der Waals surface area contributed by atoms with Crippen LogP contribution in [0.2, 0.25) is 0 Å². The van der Waals surface area contributed by atoms with Gasteiger partial charge in [0.15, 0.2) is 5.89 Å². The summed E-state index contributed by atoms with van der Waals surface area (Å²) in [6.07, 6.45) is 5.17. The second-order valence-electron chi connectivity index (χ2n) is 8.88. The van der Waals surface area contributed by atoms with Gasteiger partial charge in [0.1, 0.15) is 17.8 Å². The number of oxazole rings is 1. The first-order chi connectivity index (χ1) is 16.4. The number of hydrogen-bond acceptors (Lipinski definition) is 8. The highest BCUT2D eigenvalue weighted by atomic mass is 32.2. The van der Waals surface area contributed by atoms with Crippen LogP contribution >= 0.6 is 0 Å². The molecule has 3 aromatic rings. The van der Waals surface area contributed by atoms with Gasteiger partial charge < -0.3 is 14.2 Å². The maximum atomic E-state index is 13.2. The molecule has 0 unspecified atom stereocenters. The number of anilines is 2. The van der Waals surface area contributed by atoms with Crippen LogP contribution in [0.1, 0.15) is 30.8 Å². The van der Waals surface area contributed by atoms with Crippen molar-refractivity contribution in [1.82, 2.24) is 19.3 Å². The first kappa shape index (κ1) is 22.8. The fourth-order valence-corrected chi connectivity index (χ4v) is 5.96. The number of sulfonamides is 1. The molecule has 9 nitrogen and oxygen atoms in total. The van der Waals surface area contributed by atoms with E-state index in [4.69, 9.17) is 9.40 Å². The van der Waals surface area contributed by atoms with Gasteiger partial charge in [0.2, 0.25) is 16.0 Å². The Bertz CT molecular complexity index is 1240. The van der Waals surface area contributed by atoms with Crippen molar-refractivity contribution in [2.75, 3.05) is 49.1 Å². The van der Waals surface area contributed by atoms with Crippen molar-refractivity contribution in [2.45, 2.75) is 38.0 Å². The van der Waals surface area contributed by atoms with Crippen LogP contribution in [0.4, 0.5) is 11.8 Å². The molecule has 5 rings (SSSR count). The molecule has 2 saturated heterocycles. The molecular weight excluding hydrogens is 452 g/mol. The van der Waals surface area contributed by atoms with E-state index in [2.05, 4.69) is 19.8 Å². The summed E-state index contributed by atoms with van der Waals surface area (Å²) in [6.45, 7) is 7.75. The van der Waals surface area contributed by atoms with Crippen LogP contribution in [-0.2, 0) is 10.0 Å². The van der Waals surface area contributed by atoms with Gasteiger partial charge in [-0.25, -0.2) is 18.4 Å². The number of piperidine rings is 1. The molecular formula is C24H30N6O3S. The maximum absolute atomic E-state index is 13.2. The fourth-order valence-electron chi connectivity index (χ4n) is 4.53. The number of hydrogen-bond donors (Lipinski definition) is 0. The summed E-state index contributed by atoms with van der Waals surface area (Å²) in [7, 11) is -3.57. The minimum absolute atomic E-state index is 0.287. The predicted octanol–water partition coefficient (Wildman–Crippen LogP) is 3.25. The summed E-state index contributed by atoms with van der Waals surface area (Å²) in [5, 5.41) is 0. The smallest absolute Gasteiger partial charge is 0.243 e. The van der Waals surface area contributed by atoms with E-state index in [1.807, 2.05) is 13.0 Å². The Morgan fingerprint density at radius 1 is 0.824 bits per heavy atom. The van der Waals surface area contributed by atoms with Gasteiger partial charge in [0.25, 0.3) is 0 Å². The van der Waals surface area contributed by atoms with Crippen molar-refractivity contribution in [1.29, 1.82) is 0 Å². The first-order valence-corrected chi connectivity index (χ1v) is 13.2. The van der Waals surface area contributed by atoms with Crippen molar-refractivity contribution >= 4 is 21.8 Å². The summed E-state index contributed by atoms with van der Waals surface area (Å²) in [6, 6.07) is 8.81. The summed E-state index contributed by atoms with van der Waals surface area (Å²) < 4.78 is 33.3. The number of rotatable bonds is 5. The van der Waals surface area contributed by atoms with Gasteiger partial charge in [-0.05, 0) is 38.3 Å². The second-order valence-corrected chi connectivity index (χ2v) is 10.8. The van der Waals surface area contributed by atoms with E-state index in [9.17, 15) is 8.42 Å². The quantitative estimate of drug-likeness (QED) is 0.547. The summed E-state index contributed by atoms with van der Waals surface area (Å²) in [5.41, 5.74) is 2.45. The molecule has 2 aromatic heterocycles. The number of benzene rings is 1. The van der Waals surface area contributed by atoms with E-state index in [1.165, 1.54) is 19.3 Å². The molecule has 0 bridgehead atoms. The lowest BCUT2D eigenvalue weighted by Gasteiger charge is -2.35. The van der Waals surface area contributed by atoms with Crippen LogP contribution in [0.3, 0.4) is 0 Å². The van der Waals surface area contributed by atoms with E-state index in [-0.39, 0.29) is 4.90 Å². The van der Waals surface area contributed by atoms with Crippen LogP contribution < -0.4 is 9.80 Å². The Kier molecular flexibility index (Phi) is 6.26. The zero-order chi connectivity index (χ0) is 23.7. The number of aromatic nitrogens is 3. The van der Waals surface area contributed by atoms with Gasteiger partial charge in [-0.2, -0.15) is 9.29 Å². The Labute approximate surface area is 200 Å². The summed E-state index contributed by atoms with van der Waals surface area (Å²) >= 11 is 0. The second kappa shape index (κ2) is 9.34. The molecule has 1 aromatic carbocycles. The highest BCUT2D eigenvalue weighted by molar-refractivity contribution is 7.89. The van der Waals surface area contributed by atoms with Gasteiger partial charge >= 0.3 is 0 Å². The molecule has 0 saturated carbocycles. The van der Waals surface area contributed by atoms with Crippen LogP contribution in [0, 0.1) is 13.8 Å². The zero-order valence-corrected chi connectivity index (χ0v) is 20.5. The maximum Gasteiger partial charge on any atom is 0.243 e. The molecule has 0 radical (unpaired) electrons. The van der Waals surface area contributed by atoms with Gasteiger partial charge in [0, 0.05) is 63.5 Å². The standard InChI is InChI=1S/C24H30N6O3S/c1-18-16-23(27-24(25-18)29-10-4-3-5-11-29)28-12-14-30(15-13-28)34(31,32)21-8-6-20(7-9-21)22-17-33-19(2)26-22/h6-9,16-17H,3-5,10-15H2,1-2H3. The molecule has 4 heterocycles. The number of nitrogens with zero attached hydrogens (tertiary/aromatic N) is 6. The molecule has 2 fully saturated rings. The van der Waals surface area contributed by atoms with E-state index < -0.39 is 10.0 Å². The van der Waals surface area contributed by atoms with Crippen LogP contribution in [0.25, 0.3) is 11.3 Å². The van der Waals surface area contributed by atoms with Gasteiger partial charge in [-0.3, -0.25) is 0 Å². The summed E-state index contributed by atoms with van der Waals surface area (Å²) in [4.78, 5) is 18.5. The van der Waals surface area contributed by atoms with Crippen molar-refractivity contribution in [3.63, 3.8) is 0 Å². The highest BCUT2D eigenvalue weighted by Gasteiger charge is 2.29. The molecule has 0 spiro atoms. The van der Waals surface area contributed by atoms with Crippen molar-refractivity contribution in [3.05, 3.63) is 48.2 Å². The normalized spacial score (nSPS) is 17.8. The van der Waals surface area contributed by atoms with Crippen molar-refractivity contribution < 1.29 is 12.8 Å². The van der Waals surface area contributed by atoms with Crippen molar-refractivity contribution in [2.24, 2.45) is 0 Å². The average molecular weight is 483 g/mol. The SMILES string of the molecule is Cc1cc(N2CCN(S(=O)(=O)c3ccc(-c4coc(C)n4)cc3)CC2)nc(N2CCCCC2)n1. The van der Waals surface area contributed by atoms with Gasteiger partial charge in [-0.1, -0.05) is 12.1 Å². The van der Waals surface area contributed by atoms with E-state index in [1.54, 1.807) is 41.8 Å². The van der Waals surface area contributed by atoms with E-state index in [0.717, 1.165) is 36.1 Å². The van der Waals surface area contributed by atoms with Crippen molar-refractivity contribution in [3.8, 4) is 11.3 Å². The zero-order valence-electron chi connectivity index (χ0n) is 19.6. The fraction of sp³-hybridized carbons (Fsp3) is 0.458. The largest absolute Gasteiger partial charge is 0.449 e. The van der Waals surface area contributed by atoms with Crippen LogP contribution in [-0.4, -0.2) is 66.9 Å². The third-order valence-electron chi connectivity index (χ3n) is 6.44. The highest BCUT2D eigenvalue weighted by Crippen LogP contribution is 2.25. The third kappa shape index (κ3) is 4.65. The molecule has 10 heteroatoms.